The molecule has 0 aromatic heterocycles. The van der Waals surface area contributed by atoms with Gasteiger partial charge in [0.2, 0.25) is 0 Å². The summed E-state index contributed by atoms with van der Waals surface area (Å²) in [6.45, 7) is 0. The molecule has 0 amide bonds. The molecule has 0 unspecified atom stereocenters. The predicted octanol–water partition coefficient (Wildman–Crippen LogP) is 4.83. The zero-order valence-corrected chi connectivity index (χ0v) is 12.5. The molecule has 0 saturated heterocycles. The molecule has 0 aliphatic carbocycles. The quantitative estimate of drug-likeness (QED) is 0.435. The average Bonchev–Trinajstić information content (AvgIpc) is 2.16. The molecule has 0 aliphatic rings. The monoisotopic (exact) mass is 395 g/mol. The first-order valence-electron chi connectivity index (χ1n) is 3.90. The van der Waals surface area contributed by atoms with Crippen LogP contribution in [-0.4, -0.2) is 16.0 Å². The molecule has 0 fully saturated rings. The SMILES string of the molecule is FC(F)(F)c1c[c]cc(C(F)(F)F)c1.[Br][Mg][Br]. The fourth-order valence-corrected chi connectivity index (χ4v) is 0.799. The lowest BCUT2D eigenvalue weighted by Gasteiger charge is -2.10. The molecule has 9 heteroatoms. The highest BCUT2D eigenvalue weighted by Crippen LogP contribution is 2.34. The maximum absolute atomic E-state index is 12.0. The van der Waals surface area contributed by atoms with Gasteiger partial charge in [-0.15, -0.1) is 0 Å². The molecule has 0 bridgehead atoms. The molecule has 1 aromatic rings. The van der Waals surface area contributed by atoms with E-state index in [1.54, 1.807) is 6.07 Å². The molecule has 0 nitrogen and oxygen atoms in total. The topological polar surface area (TPSA) is 0 Å². The smallest absolute Gasteiger partial charge is 0.280 e. The van der Waals surface area contributed by atoms with E-state index >= 15 is 0 Å². The van der Waals surface area contributed by atoms with Gasteiger partial charge >= 0.3 is 28.4 Å². The Morgan fingerprint density at radius 3 is 1.41 bits per heavy atom. The molecule has 0 saturated carbocycles. The maximum Gasteiger partial charge on any atom is 0.560 e. The summed E-state index contributed by atoms with van der Waals surface area (Å²) < 4.78 is 71.8. The van der Waals surface area contributed by atoms with E-state index in [1.165, 1.54) is 0 Å². The average molecular weight is 397 g/mol. The fourth-order valence-electron chi connectivity index (χ4n) is 0.799. The van der Waals surface area contributed by atoms with Gasteiger partial charge in [-0.05, 0) is 24.3 Å². The highest BCUT2D eigenvalue weighted by atomic mass is 79.9. The Morgan fingerprint density at radius 2 is 1.18 bits per heavy atom. The van der Waals surface area contributed by atoms with Crippen LogP contribution >= 0.6 is 25.8 Å². The van der Waals surface area contributed by atoms with Crippen LogP contribution in [0.2, 0.25) is 0 Å². The standard InChI is InChI=1S/C8H3F6.2BrH.Mg/c9-7(10,11)5-2-1-3-6(4-5)8(12,13)14;;;/h2-4H;2*1H;/q;;;+2/p-2. The number of alkyl halides is 6. The van der Waals surface area contributed by atoms with Crippen LogP contribution in [0, 0.1) is 6.07 Å². The van der Waals surface area contributed by atoms with Crippen LogP contribution in [-0.2, 0) is 12.4 Å². The van der Waals surface area contributed by atoms with E-state index < -0.39 is 23.5 Å². The zero-order chi connectivity index (χ0) is 13.7. The minimum atomic E-state index is -4.78. The van der Waals surface area contributed by atoms with Crippen molar-refractivity contribution in [2.45, 2.75) is 12.4 Å². The lowest BCUT2D eigenvalue weighted by molar-refractivity contribution is -0.143. The summed E-state index contributed by atoms with van der Waals surface area (Å²) >= 11 is 6.44. The Labute approximate surface area is 115 Å². The molecule has 1 radical (unpaired) electrons. The molecule has 0 spiro atoms. The van der Waals surface area contributed by atoms with Gasteiger partial charge in [-0.25, -0.2) is 0 Å². The van der Waals surface area contributed by atoms with Gasteiger partial charge in [-0.3, -0.25) is 25.8 Å². The predicted molar refractivity (Wildman–Crippen MR) is 58.9 cm³/mol. The van der Waals surface area contributed by atoms with Crippen molar-refractivity contribution in [1.29, 1.82) is 0 Å². The van der Waals surface area contributed by atoms with Gasteiger partial charge in [0.15, 0.2) is 0 Å². The van der Waals surface area contributed by atoms with Crippen LogP contribution in [0.5, 0.6) is 0 Å². The Morgan fingerprint density at radius 1 is 0.882 bits per heavy atom. The minimum Gasteiger partial charge on any atom is -0.280 e. The number of halogens is 8. The molecular formula is C8H3Br2F6Mg. The highest BCUT2D eigenvalue weighted by molar-refractivity contribution is 9.47. The maximum atomic E-state index is 12.0. The van der Waals surface area contributed by atoms with Crippen molar-refractivity contribution in [3.8, 4) is 0 Å². The van der Waals surface area contributed by atoms with Gasteiger partial charge < -0.3 is 0 Å². The summed E-state index contributed by atoms with van der Waals surface area (Å²) in [7, 11) is 0. The van der Waals surface area contributed by atoms with Crippen molar-refractivity contribution in [1.82, 2.24) is 0 Å². The number of benzene rings is 1. The third kappa shape index (κ3) is 6.87. The van der Waals surface area contributed by atoms with Gasteiger partial charge in [0.1, 0.15) is 0 Å². The van der Waals surface area contributed by atoms with Gasteiger partial charge in [-0.1, -0.05) is 0 Å². The van der Waals surface area contributed by atoms with Gasteiger partial charge in [0, 0.05) is 0 Å². The van der Waals surface area contributed by atoms with E-state index in [2.05, 4.69) is 25.8 Å². The molecule has 17 heavy (non-hydrogen) atoms. The second-order valence-corrected chi connectivity index (χ2v) is 10.7. The first-order chi connectivity index (χ1) is 7.62. The molecule has 1 aromatic carbocycles. The molecule has 0 aliphatic heterocycles. The molecule has 0 atom stereocenters. The zero-order valence-electron chi connectivity index (χ0n) is 7.96. The van der Waals surface area contributed by atoms with Gasteiger partial charge in [0.25, 0.3) is 0 Å². The molecule has 0 N–H and O–H groups in total. The number of hydrogen-bond donors (Lipinski definition) is 0. The van der Waals surface area contributed by atoms with Gasteiger partial charge in [-0.2, -0.15) is 26.3 Å². The minimum absolute atomic E-state index is 0.0417. The Hall–Kier alpha value is 0.526. The van der Waals surface area contributed by atoms with Crippen molar-refractivity contribution in [2.24, 2.45) is 0 Å². The largest absolute Gasteiger partial charge is 0.560 e. The number of rotatable bonds is 0. The molecule has 0 heterocycles. The Bertz CT molecular complexity index is 319. The van der Waals surface area contributed by atoms with Crippen molar-refractivity contribution in [3.63, 3.8) is 0 Å². The van der Waals surface area contributed by atoms with E-state index in [-0.39, 0.29) is 22.1 Å². The van der Waals surface area contributed by atoms with Crippen LogP contribution in [0.3, 0.4) is 0 Å². The van der Waals surface area contributed by atoms with E-state index in [0.29, 0.717) is 12.1 Å². The highest BCUT2D eigenvalue weighted by Gasteiger charge is 2.35. The van der Waals surface area contributed by atoms with E-state index in [4.69, 9.17) is 0 Å². The second kappa shape index (κ2) is 7.20. The van der Waals surface area contributed by atoms with Crippen LogP contribution in [0.25, 0.3) is 0 Å². The van der Waals surface area contributed by atoms with E-state index in [1.807, 2.05) is 0 Å². The first-order valence-corrected chi connectivity index (χ1v) is 11.7. The Balaban J connectivity index is 0.000000770. The molecular weight excluding hydrogens is 394 g/mol. The molecule has 1 rings (SSSR count). The van der Waals surface area contributed by atoms with E-state index in [9.17, 15) is 26.3 Å². The van der Waals surface area contributed by atoms with Crippen molar-refractivity contribution >= 4 is 41.8 Å². The summed E-state index contributed by atoms with van der Waals surface area (Å²) in [6, 6.07) is 2.79. The molecule has 93 valence electrons. The van der Waals surface area contributed by atoms with Crippen LogP contribution in [0.1, 0.15) is 11.1 Å². The fraction of sp³-hybridized carbons (Fsp3) is 0.250. The summed E-state index contributed by atoms with van der Waals surface area (Å²) in [6.07, 6.45) is -9.56. The summed E-state index contributed by atoms with van der Waals surface area (Å²) in [5.41, 5.74) is -2.71. The van der Waals surface area contributed by atoms with Crippen molar-refractivity contribution in [3.05, 3.63) is 35.4 Å². The lowest BCUT2D eigenvalue weighted by atomic mass is 10.1. The third-order valence-electron chi connectivity index (χ3n) is 1.44. The van der Waals surface area contributed by atoms with E-state index in [0.717, 1.165) is 0 Å². The van der Waals surface area contributed by atoms with Crippen LogP contribution in [0.4, 0.5) is 26.3 Å². The summed E-state index contributed by atoms with van der Waals surface area (Å²) in [5, 5.41) is 0. The van der Waals surface area contributed by atoms with Crippen molar-refractivity contribution in [2.75, 3.05) is 0 Å². The normalized spacial score (nSPS) is 11.3. The first kappa shape index (κ1) is 17.5. The summed E-state index contributed by atoms with van der Waals surface area (Å²) in [5.74, 6) is 0. The Kier molecular flexibility index (Phi) is 7.42. The second-order valence-electron chi connectivity index (χ2n) is 2.61. The number of hydrogen-bond acceptors (Lipinski definition) is 0. The van der Waals surface area contributed by atoms with Crippen LogP contribution in [0.15, 0.2) is 18.2 Å². The van der Waals surface area contributed by atoms with Gasteiger partial charge in [0.05, 0.1) is 11.1 Å². The lowest BCUT2D eigenvalue weighted by Crippen LogP contribution is -2.10. The third-order valence-corrected chi connectivity index (χ3v) is 1.44. The van der Waals surface area contributed by atoms with Crippen LogP contribution < -0.4 is 0 Å². The summed E-state index contributed by atoms with van der Waals surface area (Å²) in [4.78, 5) is 0. The van der Waals surface area contributed by atoms with Crippen molar-refractivity contribution < 1.29 is 26.3 Å².